The van der Waals surface area contributed by atoms with E-state index in [9.17, 15) is 4.79 Å². The van der Waals surface area contributed by atoms with Gasteiger partial charge in [-0.25, -0.2) is 4.79 Å². The Balaban J connectivity index is 1.55. The van der Waals surface area contributed by atoms with E-state index in [2.05, 4.69) is 17.1 Å². The summed E-state index contributed by atoms with van der Waals surface area (Å²) in [6.07, 6.45) is 1.69. The summed E-state index contributed by atoms with van der Waals surface area (Å²) >= 11 is 7.77. The lowest BCUT2D eigenvalue weighted by atomic mass is 10.3. The lowest BCUT2D eigenvalue weighted by Gasteiger charge is -2.34. The third-order valence-corrected chi connectivity index (χ3v) is 5.29. The van der Waals surface area contributed by atoms with Crippen LogP contribution < -0.4 is 5.32 Å². The summed E-state index contributed by atoms with van der Waals surface area (Å²) in [7, 11) is 0. The molecule has 5 nitrogen and oxygen atoms in total. The van der Waals surface area contributed by atoms with E-state index in [1.54, 1.807) is 18.0 Å². The summed E-state index contributed by atoms with van der Waals surface area (Å²) < 4.78 is 5.39. The van der Waals surface area contributed by atoms with Crippen LogP contribution in [-0.4, -0.2) is 47.8 Å². The third-order valence-electron chi connectivity index (χ3n) is 4.10. The molecule has 2 amide bonds. The minimum atomic E-state index is -0.0714. The number of hydrogen-bond acceptors (Lipinski definition) is 4. The molecular formula is C18H22ClN3O2S. The van der Waals surface area contributed by atoms with Gasteiger partial charge in [0.1, 0.15) is 5.76 Å². The number of anilines is 1. The van der Waals surface area contributed by atoms with Gasteiger partial charge in [-0.2, -0.15) is 0 Å². The molecule has 3 rings (SSSR count). The van der Waals surface area contributed by atoms with Crippen LogP contribution in [0.4, 0.5) is 10.5 Å². The first kappa shape index (κ1) is 18.2. The maximum absolute atomic E-state index is 12.6. The molecule has 0 spiro atoms. The second-order valence-corrected chi connectivity index (χ2v) is 7.59. The fourth-order valence-corrected chi connectivity index (χ4v) is 3.72. The molecule has 0 radical (unpaired) electrons. The van der Waals surface area contributed by atoms with Gasteiger partial charge in [0, 0.05) is 36.1 Å². The molecule has 1 saturated heterocycles. The molecule has 1 aliphatic heterocycles. The number of rotatable bonds is 5. The highest BCUT2D eigenvalue weighted by Gasteiger charge is 2.22. The number of urea groups is 1. The monoisotopic (exact) mass is 379 g/mol. The SMILES string of the molecule is CCSc1ccc(Cl)cc1NC(=O)N1CCN(Cc2ccco2)CC1. The number of carbonyl (C=O) groups is 1. The maximum atomic E-state index is 12.6. The number of benzene rings is 1. The topological polar surface area (TPSA) is 48.7 Å². The Morgan fingerprint density at radius 3 is 2.76 bits per heavy atom. The number of halogens is 1. The van der Waals surface area contributed by atoms with Gasteiger partial charge in [-0.1, -0.05) is 18.5 Å². The molecule has 1 aliphatic rings. The predicted octanol–water partition coefficient (Wildman–Crippen LogP) is 4.39. The van der Waals surface area contributed by atoms with E-state index in [1.807, 2.05) is 35.2 Å². The van der Waals surface area contributed by atoms with Crippen molar-refractivity contribution >= 4 is 35.1 Å². The van der Waals surface area contributed by atoms with E-state index < -0.39 is 0 Å². The Hall–Kier alpha value is -1.63. The second-order valence-electron chi connectivity index (χ2n) is 5.85. The molecular weight excluding hydrogens is 358 g/mol. The van der Waals surface area contributed by atoms with Crippen LogP contribution in [0.15, 0.2) is 45.9 Å². The first-order chi connectivity index (χ1) is 12.2. The molecule has 25 heavy (non-hydrogen) atoms. The molecule has 1 fully saturated rings. The predicted molar refractivity (Wildman–Crippen MR) is 102 cm³/mol. The smallest absolute Gasteiger partial charge is 0.321 e. The van der Waals surface area contributed by atoms with Crippen molar-refractivity contribution < 1.29 is 9.21 Å². The van der Waals surface area contributed by atoms with Crippen molar-refractivity contribution in [2.75, 3.05) is 37.2 Å². The largest absolute Gasteiger partial charge is 0.468 e. The fraction of sp³-hybridized carbons (Fsp3) is 0.389. The van der Waals surface area contributed by atoms with Crippen LogP contribution in [0, 0.1) is 0 Å². The zero-order valence-electron chi connectivity index (χ0n) is 14.2. The van der Waals surface area contributed by atoms with Crippen molar-refractivity contribution in [3.8, 4) is 0 Å². The Bertz CT molecular complexity index is 700. The Kier molecular flexibility index (Phi) is 6.29. The minimum absolute atomic E-state index is 0.0714. The van der Waals surface area contributed by atoms with Crippen LogP contribution >= 0.6 is 23.4 Å². The number of piperazine rings is 1. The van der Waals surface area contributed by atoms with Crippen LogP contribution in [0.25, 0.3) is 0 Å². The average molecular weight is 380 g/mol. The number of hydrogen-bond donors (Lipinski definition) is 1. The molecule has 1 aromatic heterocycles. The van der Waals surface area contributed by atoms with Gasteiger partial charge in [-0.15, -0.1) is 11.8 Å². The van der Waals surface area contributed by atoms with Crippen molar-refractivity contribution in [1.29, 1.82) is 0 Å². The van der Waals surface area contributed by atoms with E-state index in [0.717, 1.165) is 41.7 Å². The molecule has 1 N–H and O–H groups in total. The summed E-state index contributed by atoms with van der Waals surface area (Å²) in [4.78, 5) is 17.8. The van der Waals surface area contributed by atoms with Gasteiger partial charge in [0.2, 0.25) is 0 Å². The Morgan fingerprint density at radius 2 is 2.08 bits per heavy atom. The number of nitrogens with one attached hydrogen (secondary N) is 1. The lowest BCUT2D eigenvalue weighted by molar-refractivity contribution is 0.137. The van der Waals surface area contributed by atoms with Crippen molar-refractivity contribution in [3.63, 3.8) is 0 Å². The summed E-state index contributed by atoms with van der Waals surface area (Å²) in [6.45, 7) is 5.93. The van der Waals surface area contributed by atoms with Crippen LogP contribution in [0.1, 0.15) is 12.7 Å². The lowest BCUT2D eigenvalue weighted by Crippen LogP contribution is -2.49. The summed E-state index contributed by atoms with van der Waals surface area (Å²) in [5, 5.41) is 3.64. The zero-order chi connectivity index (χ0) is 17.6. The van der Waals surface area contributed by atoms with Crippen molar-refractivity contribution in [2.24, 2.45) is 0 Å². The standard InChI is InChI=1S/C18H22ClN3O2S/c1-2-25-17-6-5-14(19)12-16(17)20-18(23)22-9-7-21(8-10-22)13-15-4-3-11-24-15/h3-6,11-12H,2,7-10,13H2,1H3,(H,20,23). The molecule has 1 aromatic carbocycles. The van der Waals surface area contributed by atoms with Gasteiger partial charge >= 0.3 is 6.03 Å². The van der Waals surface area contributed by atoms with Crippen LogP contribution in [-0.2, 0) is 6.54 Å². The molecule has 0 aliphatic carbocycles. The fourth-order valence-electron chi connectivity index (χ4n) is 2.81. The van der Waals surface area contributed by atoms with Gasteiger partial charge < -0.3 is 14.6 Å². The molecule has 0 bridgehead atoms. The highest BCUT2D eigenvalue weighted by Crippen LogP contribution is 2.30. The molecule has 0 saturated carbocycles. The number of furan rings is 1. The Labute approximate surface area is 157 Å². The summed E-state index contributed by atoms with van der Waals surface area (Å²) in [6, 6.07) is 9.42. The molecule has 0 atom stereocenters. The number of nitrogens with zero attached hydrogens (tertiary/aromatic N) is 2. The molecule has 134 valence electrons. The number of amides is 2. The molecule has 0 unspecified atom stereocenters. The van der Waals surface area contributed by atoms with E-state index in [0.29, 0.717) is 18.1 Å². The molecule has 2 aromatic rings. The van der Waals surface area contributed by atoms with Crippen LogP contribution in [0.3, 0.4) is 0 Å². The zero-order valence-corrected chi connectivity index (χ0v) is 15.8. The Morgan fingerprint density at radius 1 is 1.28 bits per heavy atom. The average Bonchev–Trinajstić information content (AvgIpc) is 3.11. The quantitative estimate of drug-likeness (QED) is 0.782. The third kappa shape index (κ3) is 4.93. The van der Waals surface area contributed by atoms with Gasteiger partial charge in [-0.05, 0) is 36.1 Å². The normalized spacial score (nSPS) is 15.4. The van der Waals surface area contributed by atoms with E-state index in [1.165, 1.54) is 0 Å². The number of carbonyl (C=O) groups excluding carboxylic acids is 1. The first-order valence-electron chi connectivity index (χ1n) is 8.38. The van der Waals surface area contributed by atoms with Crippen molar-refractivity contribution in [2.45, 2.75) is 18.4 Å². The highest BCUT2D eigenvalue weighted by molar-refractivity contribution is 7.99. The molecule has 2 heterocycles. The van der Waals surface area contributed by atoms with Gasteiger partial charge in [0.05, 0.1) is 18.5 Å². The maximum Gasteiger partial charge on any atom is 0.321 e. The second kappa shape index (κ2) is 8.65. The van der Waals surface area contributed by atoms with Crippen LogP contribution in [0.5, 0.6) is 0 Å². The van der Waals surface area contributed by atoms with Gasteiger partial charge in [0.15, 0.2) is 0 Å². The summed E-state index contributed by atoms with van der Waals surface area (Å²) in [5.74, 6) is 1.90. The highest BCUT2D eigenvalue weighted by atomic mass is 35.5. The summed E-state index contributed by atoms with van der Waals surface area (Å²) in [5.41, 5.74) is 0.780. The van der Waals surface area contributed by atoms with Crippen molar-refractivity contribution in [1.82, 2.24) is 9.80 Å². The van der Waals surface area contributed by atoms with E-state index in [-0.39, 0.29) is 6.03 Å². The van der Waals surface area contributed by atoms with Crippen molar-refractivity contribution in [3.05, 3.63) is 47.4 Å². The number of thioether (sulfide) groups is 1. The minimum Gasteiger partial charge on any atom is -0.468 e. The van der Waals surface area contributed by atoms with E-state index in [4.69, 9.17) is 16.0 Å². The van der Waals surface area contributed by atoms with Crippen LogP contribution in [0.2, 0.25) is 5.02 Å². The first-order valence-corrected chi connectivity index (χ1v) is 9.75. The van der Waals surface area contributed by atoms with E-state index >= 15 is 0 Å². The molecule has 7 heteroatoms. The van der Waals surface area contributed by atoms with Gasteiger partial charge in [-0.3, -0.25) is 4.90 Å². The van der Waals surface area contributed by atoms with Gasteiger partial charge in [0.25, 0.3) is 0 Å².